The molecule has 2 N–H and O–H groups in total. The predicted octanol–water partition coefficient (Wildman–Crippen LogP) is 2.58. The maximum Gasteiger partial charge on any atom is 0.261 e. The molecular weight excluding hydrogens is 529 g/mol. The zero-order chi connectivity index (χ0) is 28.1. The molecule has 3 aliphatic heterocycles. The number of hydrogen-bond acceptors (Lipinski definition) is 7. The van der Waals surface area contributed by atoms with E-state index in [-0.39, 0.29) is 70.7 Å². The standard InChI is InChI=1S/C27H29ClFN5O5/c1-4-18(36)32-11-12-33-15(13-32)14-39-23-20(25(33)37)24(34-10-6-9-27(34,2)26(38)30-3)31-22(21(23)28)19-16(29)7-5-8-17(19)35/h4-5,7-8,15,35H,1,6,9-14H2,2-3H3,(H,30,38)/t15-,27+/m1/s1. The molecule has 2 saturated heterocycles. The summed E-state index contributed by atoms with van der Waals surface area (Å²) in [6.45, 7) is 6.48. The lowest BCUT2D eigenvalue weighted by Gasteiger charge is -2.40. The van der Waals surface area contributed by atoms with Crippen LogP contribution in [0.3, 0.4) is 0 Å². The van der Waals surface area contributed by atoms with Gasteiger partial charge in [0.25, 0.3) is 5.91 Å². The number of halogens is 2. The zero-order valence-electron chi connectivity index (χ0n) is 21.7. The number of nitrogens with one attached hydrogen (secondary N) is 1. The molecule has 0 unspecified atom stereocenters. The number of pyridine rings is 1. The Balaban J connectivity index is 1.72. The summed E-state index contributed by atoms with van der Waals surface area (Å²) in [5.74, 6) is -1.98. The minimum atomic E-state index is -1.06. The number of carbonyl (C=O) groups excluding carboxylic acids is 3. The van der Waals surface area contributed by atoms with Gasteiger partial charge in [0, 0.05) is 33.2 Å². The quantitative estimate of drug-likeness (QED) is 0.555. The van der Waals surface area contributed by atoms with Gasteiger partial charge in [0.2, 0.25) is 11.8 Å². The molecule has 0 radical (unpaired) electrons. The first-order valence-corrected chi connectivity index (χ1v) is 13.1. The second-order valence-corrected chi connectivity index (χ2v) is 10.4. The van der Waals surface area contributed by atoms with E-state index in [9.17, 15) is 19.5 Å². The first-order valence-electron chi connectivity index (χ1n) is 12.7. The van der Waals surface area contributed by atoms with E-state index in [0.29, 0.717) is 25.9 Å². The summed E-state index contributed by atoms with van der Waals surface area (Å²) < 4.78 is 21.2. The smallest absolute Gasteiger partial charge is 0.261 e. The fourth-order valence-corrected chi connectivity index (χ4v) is 5.98. The van der Waals surface area contributed by atoms with Gasteiger partial charge in [-0.3, -0.25) is 14.4 Å². The molecule has 2 fully saturated rings. The van der Waals surface area contributed by atoms with Crippen molar-refractivity contribution < 1.29 is 28.6 Å². The Labute approximate surface area is 230 Å². The first kappa shape index (κ1) is 26.7. The van der Waals surface area contributed by atoms with E-state index in [1.165, 1.54) is 31.3 Å². The van der Waals surface area contributed by atoms with Crippen molar-refractivity contribution in [1.82, 2.24) is 20.1 Å². The highest BCUT2D eigenvalue weighted by molar-refractivity contribution is 6.35. The summed E-state index contributed by atoms with van der Waals surface area (Å²) in [6.07, 6.45) is 2.36. The largest absolute Gasteiger partial charge is 0.507 e. The minimum absolute atomic E-state index is 0.00789. The second kappa shape index (κ2) is 10.0. The summed E-state index contributed by atoms with van der Waals surface area (Å²) in [6, 6.07) is 3.34. The van der Waals surface area contributed by atoms with Crippen molar-refractivity contribution in [3.05, 3.63) is 47.3 Å². The van der Waals surface area contributed by atoms with Crippen LogP contribution in [0.2, 0.25) is 5.02 Å². The van der Waals surface area contributed by atoms with E-state index in [0.717, 1.165) is 0 Å². The number of piperazine rings is 1. The second-order valence-electron chi connectivity index (χ2n) is 10.00. The van der Waals surface area contributed by atoms with Gasteiger partial charge in [-0.25, -0.2) is 9.37 Å². The van der Waals surface area contributed by atoms with Crippen LogP contribution in [-0.2, 0) is 9.59 Å². The van der Waals surface area contributed by atoms with Crippen molar-refractivity contribution in [2.24, 2.45) is 0 Å². The summed E-state index contributed by atoms with van der Waals surface area (Å²) in [5, 5.41) is 13.1. The van der Waals surface area contributed by atoms with E-state index in [1.807, 2.05) is 0 Å². The van der Waals surface area contributed by atoms with Crippen LogP contribution in [0, 0.1) is 5.82 Å². The summed E-state index contributed by atoms with van der Waals surface area (Å²) >= 11 is 6.77. The SMILES string of the molecule is C=CC(=O)N1CCN2C(=O)c3c(N4CCC[C@@]4(C)C(=O)NC)nc(-c4c(O)cccc4F)c(Cl)c3OC[C@H]2C1. The lowest BCUT2D eigenvalue weighted by atomic mass is 9.96. The molecule has 12 heteroatoms. The Morgan fingerprint density at radius 1 is 1.31 bits per heavy atom. The van der Waals surface area contributed by atoms with Crippen molar-refractivity contribution >= 4 is 35.1 Å². The van der Waals surface area contributed by atoms with Crippen molar-refractivity contribution in [2.75, 3.05) is 44.7 Å². The van der Waals surface area contributed by atoms with Crippen molar-refractivity contribution in [1.29, 1.82) is 0 Å². The summed E-state index contributed by atoms with van der Waals surface area (Å²) in [7, 11) is 1.53. The summed E-state index contributed by atoms with van der Waals surface area (Å²) in [4.78, 5) is 49.1. The molecule has 4 heterocycles. The van der Waals surface area contributed by atoms with Crippen LogP contribution in [0.5, 0.6) is 11.5 Å². The van der Waals surface area contributed by atoms with Gasteiger partial charge in [0.1, 0.15) is 45.8 Å². The Morgan fingerprint density at radius 3 is 2.77 bits per heavy atom. The number of benzene rings is 1. The van der Waals surface area contributed by atoms with Crippen molar-refractivity contribution in [3.8, 4) is 22.8 Å². The number of fused-ring (bicyclic) bond motifs is 2. The molecule has 3 amide bonds. The van der Waals surface area contributed by atoms with E-state index < -0.39 is 23.3 Å². The first-order chi connectivity index (χ1) is 18.6. The Morgan fingerprint density at radius 2 is 2.08 bits per heavy atom. The highest BCUT2D eigenvalue weighted by Gasteiger charge is 2.48. The number of phenols is 1. The van der Waals surface area contributed by atoms with Gasteiger partial charge in [-0.1, -0.05) is 24.2 Å². The third kappa shape index (κ3) is 4.25. The third-order valence-electron chi connectivity index (χ3n) is 7.78. The third-order valence-corrected chi connectivity index (χ3v) is 8.13. The minimum Gasteiger partial charge on any atom is -0.507 e. The van der Waals surface area contributed by atoms with Crippen LogP contribution in [-0.4, -0.2) is 89.0 Å². The molecule has 2 aromatic rings. The normalized spacial score (nSPS) is 22.5. The molecule has 0 spiro atoms. The molecule has 0 aliphatic carbocycles. The average Bonchev–Trinajstić information content (AvgIpc) is 3.26. The fourth-order valence-electron chi connectivity index (χ4n) is 5.69. The molecule has 206 valence electrons. The Bertz CT molecular complexity index is 1370. The zero-order valence-corrected chi connectivity index (χ0v) is 22.4. The monoisotopic (exact) mass is 557 g/mol. The number of aromatic nitrogens is 1. The van der Waals surface area contributed by atoms with Crippen molar-refractivity contribution in [2.45, 2.75) is 31.3 Å². The number of carbonyl (C=O) groups is 3. The topological polar surface area (TPSA) is 115 Å². The highest BCUT2D eigenvalue weighted by Crippen LogP contribution is 2.48. The number of rotatable bonds is 4. The number of anilines is 1. The Hall–Kier alpha value is -3.86. The van der Waals surface area contributed by atoms with Gasteiger partial charge in [-0.05, 0) is 38.0 Å². The molecule has 5 rings (SSSR count). The highest BCUT2D eigenvalue weighted by atomic mass is 35.5. The molecule has 2 atom stereocenters. The van der Waals surface area contributed by atoms with E-state index >= 15 is 4.39 Å². The molecule has 0 saturated carbocycles. The molecule has 1 aromatic carbocycles. The van der Waals surface area contributed by atoms with Crippen molar-refractivity contribution in [3.63, 3.8) is 0 Å². The van der Waals surface area contributed by atoms with Crippen LogP contribution in [0.15, 0.2) is 30.9 Å². The number of likely N-dealkylation sites (N-methyl/N-ethyl adjacent to an activating group) is 1. The lowest BCUT2D eigenvalue weighted by molar-refractivity contribution is -0.128. The maximum absolute atomic E-state index is 15.0. The van der Waals surface area contributed by atoms with Gasteiger partial charge in [-0.2, -0.15) is 0 Å². The number of phenolic OH excluding ortho intramolecular Hbond substituents is 1. The van der Waals surface area contributed by atoms with Crippen LogP contribution in [0.4, 0.5) is 10.2 Å². The lowest BCUT2D eigenvalue weighted by Crippen LogP contribution is -2.57. The van der Waals surface area contributed by atoms with Crippen LogP contribution < -0.4 is 15.0 Å². The van der Waals surface area contributed by atoms with E-state index in [1.54, 1.807) is 21.6 Å². The van der Waals surface area contributed by atoms with Gasteiger partial charge in [-0.15, -0.1) is 0 Å². The van der Waals surface area contributed by atoms with E-state index in [2.05, 4.69) is 16.9 Å². The van der Waals surface area contributed by atoms with Crippen LogP contribution >= 0.6 is 11.6 Å². The number of hydrogen-bond donors (Lipinski definition) is 2. The maximum atomic E-state index is 15.0. The predicted molar refractivity (Wildman–Crippen MR) is 142 cm³/mol. The van der Waals surface area contributed by atoms with Gasteiger partial charge in [0.15, 0.2) is 5.75 Å². The molecule has 0 bridgehead atoms. The van der Waals surface area contributed by atoms with Gasteiger partial charge >= 0.3 is 0 Å². The molecular formula is C27H29ClFN5O5. The van der Waals surface area contributed by atoms with Gasteiger partial charge < -0.3 is 29.9 Å². The molecule has 39 heavy (non-hydrogen) atoms. The number of aromatic hydroxyl groups is 1. The molecule has 1 aromatic heterocycles. The van der Waals surface area contributed by atoms with Gasteiger partial charge in [0.05, 0.1) is 11.6 Å². The van der Waals surface area contributed by atoms with Crippen LogP contribution in [0.25, 0.3) is 11.3 Å². The average molecular weight is 558 g/mol. The molecule has 10 nitrogen and oxygen atoms in total. The summed E-state index contributed by atoms with van der Waals surface area (Å²) in [5.41, 5.74) is -1.35. The fraction of sp³-hybridized carbons (Fsp3) is 0.407. The number of ether oxygens (including phenoxy) is 1. The Kier molecular flexibility index (Phi) is 6.88. The number of amides is 3. The number of nitrogens with zero attached hydrogens (tertiary/aromatic N) is 4. The van der Waals surface area contributed by atoms with E-state index in [4.69, 9.17) is 16.3 Å². The molecule has 3 aliphatic rings. The van der Waals surface area contributed by atoms with Crippen LogP contribution in [0.1, 0.15) is 30.1 Å².